The molecular formula is C16H14ClN5O. The summed E-state index contributed by atoms with van der Waals surface area (Å²) >= 11 is 6.05. The van der Waals surface area contributed by atoms with Crippen molar-refractivity contribution in [1.82, 2.24) is 24.8 Å². The second-order valence-electron chi connectivity index (χ2n) is 5.70. The lowest BCUT2D eigenvalue weighted by Gasteiger charge is -2.10. The lowest BCUT2D eigenvalue weighted by atomic mass is 10.1. The second kappa shape index (κ2) is 5.31. The Morgan fingerprint density at radius 1 is 1.30 bits per heavy atom. The second-order valence-corrected chi connectivity index (χ2v) is 6.06. The van der Waals surface area contributed by atoms with Crippen LogP contribution in [0.4, 0.5) is 0 Å². The number of carbonyl (C=O) groups is 1. The van der Waals surface area contributed by atoms with Crippen molar-refractivity contribution in [3.8, 4) is 5.69 Å². The lowest BCUT2D eigenvalue weighted by molar-refractivity contribution is 0.0951. The van der Waals surface area contributed by atoms with E-state index < -0.39 is 0 Å². The highest BCUT2D eigenvalue weighted by molar-refractivity contribution is 6.33. The summed E-state index contributed by atoms with van der Waals surface area (Å²) in [6.45, 7) is 1.98. The number of fused-ring (bicyclic) bond motifs is 1. The fourth-order valence-electron chi connectivity index (χ4n) is 2.49. The van der Waals surface area contributed by atoms with Crippen molar-refractivity contribution in [1.29, 1.82) is 0 Å². The number of imidazole rings is 1. The maximum atomic E-state index is 12.3. The summed E-state index contributed by atoms with van der Waals surface area (Å²) in [4.78, 5) is 24.7. The number of nitrogens with zero attached hydrogens (tertiary/aromatic N) is 4. The van der Waals surface area contributed by atoms with Gasteiger partial charge in [0.05, 0.1) is 5.69 Å². The van der Waals surface area contributed by atoms with Crippen LogP contribution in [0.1, 0.15) is 28.8 Å². The Balaban J connectivity index is 1.80. The molecule has 6 nitrogen and oxygen atoms in total. The fourth-order valence-corrected chi connectivity index (χ4v) is 2.67. The van der Waals surface area contributed by atoms with Crippen molar-refractivity contribution in [3.05, 3.63) is 47.1 Å². The molecular weight excluding hydrogens is 314 g/mol. The van der Waals surface area contributed by atoms with Crippen LogP contribution in [0.3, 0.4) is 0 Å². The normalized spacial score (nSPS) is 14.2. The molecule has 1 aliphatic carbocycles. The molecule has 3 aromatic rings. The van der Waals surface area contributed by atoms with E-state index in [0.29, 0.717) is 27.9 Å². The Morgan fingerprint density at radius 2 is 2.13 bits per heavy atom. The van der Waals surface area contributed by atoms with Crippen LogP contribution in [0.25, 0.3) is 16.9 Å². The molecule has 1 N–H and O–H groups in total. The summed E-state index contributed by atoms with van der Waals surface area (Å²) in [5.74, 6) is -0.0502. The van der Waals surface area contributed by atoms with Crippen LogP contribution in [0.15, 0.2) is 30.9 Å². The van der Waals surface area contributed by atoms with Crippen molar-refractivity contribution in [2.24, 2.45) is 0 Å². The monoisotopic (exact) mass is 327 g/mol. The fraction of sp³-hybridized carbons (Fsp3) is 0.250. The van der Waals surface area contributed by atoms with Crippen LogP contribution >= 0.6 is 11.6 Å². The molecule has 116 valence electrons. The molecule has 1 saturated carbocycles. The predicted octanol–water partition coefficient (Wildman–Crippen LogP) is 2.67. The number of carbonyl (C=O) groups excluding carboxylic acids is 1. The third-order valence-corrected chi connectivity index (χ3v) is 4.21. The number of halogens is 1. The number of amides is 1. The predicted molar refractivity (Wildman–Crippen MR) is 86.9 cm³/mol. The molecule has 1 amide bonds. The summed E-state index contributed by atoms with van der Waals surface area (Å²) in [5, 5.41) is 3.31. The van der Waals surface area contributed by atoms with Gasteiger partial charge in [-0.1, -0.05) is 17.7 Å². The topological polar surface area (TPSA) is 72.7 Å². The van der Waals surface area contributed by atoms with Crippen LogP contribution in [0.5, 0.6) is 0 Å². The third kappa shape index (κ3) is 2.55. The molecule has 23 heavy (non-hydrogen) atoms. The average molecular weight is 328 g/mol. The highest BCUT2D eigenvalue weighted by atomic mass is 35.5. The van der Waals surface area contributed by atoms with E-state index in [0.717, 1.165) is 24.1 Å². The first kappa shape index (κ1) is 14.1. The molecule has 2 heterocycles. The maximum absolute atomic E-state index is 12.3. The molecule has 0 aliphatic heterocycles. The van der Waals surface area contributed by atoms with Gasteiger partial charge in [0.1, 0.15) is 18.2 Å². The number of nitrogens with one attached hydrogen (secondary N) is 1. The minimum absolute atomic E-state index is 0.0502. The van der Waals surface area contributed by atoms with Gasteiger partial charge in [-0.05, 0) is 37.5 Å². The van der Waals surface area contributed by atoms with Gasteiger partial charge in [0, 0.05) is 11.6 Å². The van der Waals surface area contributed by atoms with Crippen molar-refractivity contribution in [3.63, 3.8) is 0 Å². The minimum Gasteiger partial charge on any atom is -0.349 e. The van der Waals surface area contributed by atoms with Crippen molar-refractivity contribution in [2.45, 2.75) is 25.8 Å². The van der Waals surface area contributed by atoms with Gasteiger partial charge >= 0.3 is 0 Å². The van der Waals surface area contributed by atoms with E-state index in [9.17, 15) is 4.79 Å². The largest absolute Gasteiger partial charge is 0.349 e. The summed E-state index contributed by atoms with van der Waals surface area (Å²) in [6.07, 6.45) is 5.18. The number of aromatic nitrogens is 4. The lowest BCUT2D eigenvalue weighted by Crippen LogP contribution is -2.25. The van der Waals surface area contributed by atoms with Crippen LogP contribution in [0, 0.1) is 6.92 Å². The van der Waals surface area contributed by atoms with E-state index >= 15 is 0 Å². The molecule has 7 heteroatoms. The average Bonchev–Trinajstić information content (AvgIpc) is 3.24. The maximum Gasteiger partial charge on any atom is 0.251 e. The molecule has 1 aromatic carbocycles. The zero-order valence-corrected chi connectivity index (χ0v) is 13.2. The standard InChI is InChI=1S/C16H14ClN5O/c1-9-2-3-10(16(23)21-11-4-5-11)6-12(9)22-8-20-13-14(17)18-7-19-15(13)22/h2-3,6-8,11H,4-5H2,1H3,(H,21,23). The molecule has 0 radical (unpaired) electrons. The van der Waals surface area contributed by atoms with Crippen molar-refractivity contribution in [2.75, 3.05) is 0 Å². The third-order valence-electron chi connectivity index (χ3n) is 3.93. The van der Waals surface area contributed by atoms with E-state index in [1.807, 2.05) is 29.7 Å². The summed E-state index contributed by atoms with van der Waals surface area (Å²) in [6, 6.07) is 5.93. The van der Waals surface area contributed by atoms with Gasteiger partial charge in [-0.3, -0.25) is 9.36 Å². The highest BCUT2D eigenvalue weighted by Gasteiger charge is 2.24. The molecule has 1 fully saturated rings. The summed E-state index contributed by atoms with van der Waals surface area (Å²) in [5.41, 5.74) is 3.65. The minimum atomic E-state index is -0.0502. The Bertz CT molecular complexity index is 916. The van der Waals surface area contributed by atoms with E-state index in [1.54, 1.807) is 6.33 Å². The Hall–Kier alpha value is -2.47. The van der Waals surface area contributed by atoms with E-state index in [-0.39, 0.29) is 5.91 Å². The Kier molecular flexibility index (Phi) is 3.27. The molecule has 4 rings (SSSR count). The van der Waals surface area contributed by atoms with Gasteiger partial charge in [-0.25, -0.2) is 15.0 Å². The van der Waals surface area contributed by atoms with Crippen molar-refractivity contribution < 1.29 is 4.79 Å². The van der Waals surface area contributed by atoms with E-state index in [1.165, 1.54) is 6.33 Å². The van der Waals surface area contributed by atoms with Crippen LogP contribution < -0.4 is 5.32 Å². The first-order chi connectivity index (χ1) is 11.1. The summed E-state index contributed by atoms with van der Waals surface area (Å²) in [7, 11) is 0. The smallest absolute Gasteiger partial charge is 0.251 e. The van der Waals surface area contributed by atoms with Crippen molar-refractivity contribution >= 4 is 28.7 Å². The molecule has 0 spiro atoms. The van der Waals surface area contributed by atoms with E-state index in [2.05, 4.69) is 20.3 Å². The van der Waals surface area contributed by atoms with Crippen LogP contribution in [-0.4, -0.2) is 31.5 Å². The van der Waals surface area contributed by atoms with E-state index in [4.69, 9.17) is 11.6 Å². The quantitative estimate of drug-likeness (QED) is 0.751. The van der Waals surface area contributed by atoms with Gasteiger partial charge in [-0.15, -0.1) is 0 Å². The number of benzene rings is 1. The van der Waals surface area contributed by atoms with Gasteiger partial charge in [0.2, 0.25) is 0 Å². The number of hydrogen-bond donors (Lipinski definition) is 1. The molecule has 0 atom stereocenters. The molecule has 2 aromatic heterocycles. The SMILES string of the molecule is Cc1ccc(C(=O)NC2CC2)cc1-n1cnc2c(Cl)ncnc21. The van der Waals surface area contributed by atoms with Gasteiger partial charge in [0.15, 0.2) is 10.8 Å². The summed E-state index contributed by atoms with van der Waals surface area (Å²) < 4.78 is 1.83. The van der Waals surface area contributed by atoms with Gasteiger partial charge in [0.25, 0.3) is 5.91 Å². The number of rotatable bonds is 3. The van der Waals surface area contributed by atoms with Crippen LogP contribution in [-0.2, 0) is 0 Å². The highest BCUT2D eigenvalue weighted by Crippen LogP contribution is 2.24. The van der Waals surface area contributed by atoms with Gasteiger partial charge < -0.3 is 5.32 Å². The Morgan fingerprint density at radius 3 is 2.91 bits per heavy atom. The van der Waals surface area contributed by atoms with Crippen LogP contribution in [0.2, 0.25) is 5.15 Å². The molecule has 0 unspecified atom stereocenters. The zero-order valence-electron chi connectivity index (χ0n) is 12.5. The number of hydrogen-bond acceptors (Lipinski definition) is 4. The Labute approximate surface area is 137 Å². The number of aryl methyl sites for hydroxylation is 1. The zero-order chi connectivity index (χ0) is 16.0. The molecule has 1 aliphatic rings. The molecule has 0 saturated heterocycles. The van der Waals surface area contributed by atoms with Gasteiger partial charge in [-0.2, -0.15) is 0 Å². The molecule has 0 bridgehead atoms. The first-order valence-corrected chi connectivity index (χ1v) is 7.77. The first-order valence-electron chi connectivity index (χ1n) is 7.39.